The van der Waals surface area contributed by atoms with Gasteiger partial charge in [-0.25, -0.2) is 9.78 Å². The van der Waals surface area contributed by atoms with Crippen LogP contribution in [0.25, 0.3) is 10.9 Å². The Labute approximate surface area is 138 Å². The van der Waals surface area contributed by atoms with Gasteiger partial charge in [-0.2, -0.15) is 0 Å². The summed E-state index contributed by atoms with van der Waals surface area (Å²) in [5, 5.41) is 0.927. The molecule has 1 amide bonds. The molecule has 0 fully saturated rings. The summed E-state index contributed by atoms with van der Waals surface area (Å²) in [5.41, 5.74) is 0.697. The van der Waals surface area contributed by atoms with Gasteiger partial charge in [0.05, 0.1) is 13.7 Å². The highest BCUT2D eigenvalue weighted by molar-refractivity contribution is 9.10. The van der Waals surface area contributed by atoms with Crippen molar-refractivity contribution in [2.75, 3.05) is 25.7 Å². The minimum atomic E-state index is -0.408. The topological polar surface area (TPSA) is 51.7 Å². The van der Waals surface area contributed by atoms with Gasteiger partial charge in [-0.3, -0.25) is 4.90 Å². The number of hydrogen-bond acceptors (Lipinski definition) is 4. The molecule has 0 radical (unpaired) electrons. The molecule has 5 nitrogen and oxygen atoms in total. The fourth-order valence-electron chi connectivity index (χ4n) is 1.99. The maximum absolute atomic E-state index is 12.0. The number of pyridine rings is 1. The summed E-state index contributed by atoms with van der Waals surface area (Å²) in [6, 6.07) is 7.43. The van der Waals surface area contributed by atoms with Crippen LogP contribution in [0.3, 0.4) is 0 Å². The lowest BCUT2D eigenvalue weighted by molar-refractivity contribution is 0.153. The molecule has 0 atom stereocenters. The number of fused-ring (bicyclic) bond motifs is 1. The van der Waals surface area contributed by atoms with Crippen LogP contribution in [0, 0.1) is 0 Å². The number of aromatic nitrogens is 1. The Morgan fingerprint density at radius 1 is 1.32 bits per heavy atom. The third-order valence-corrected chi connectivity index (χ3v) is 4.00. The van der Waals surface area contributed by atoms with Gasteiger partial charge in [0.25, 0.3) is 0 Å². The molecule has 1 aromatic carbocycles. The fourth-order valence-corrected chi connectivity index (χ4v) is 2.44. The number of halogens is 1. The van der Waals surface area contributed by atoms with E-state index < -0.39 is 6.09 Å². The van der Waals surface area contributed by atoms with Crippen molar-refractivity contribution in [2.45, 2.75) is 19.8 Å². The van der Waals surface area contributed by atoms with Crippen molar-refractivity contribution in [1.82, 2.24) is 4.98 Å². The molecule has 2 aromatic rings. The van der Waals surface area contributed by atoms with E-state index in [9.17, 15) is 4.79 Å². The van der Waals surface area contributed by atoms with Crippen LogP contribution in [0.15, 0.2) is 28.7 Å². The molecule has 2 rings (SSSR count). The second-order valence-electron chi connectivity index (χ2n) is 4.84. The average Bonchev–Trinajstić information content (AvgIpc) is 2.54. The molecule has 1 aromatic heterocycles. The Bertz CT molecular complexity index is 676. The van der Waals surface area contributed by atoms with Gasteiger partial charge in [0.1, 0.15) is 17.1 Å². The van der Waals surface area contributed by atoms with Crippen molar-refractivity contribution in [2.24, 2.45) is 0 Å². The molecule has 0 unspecified atom stereocenters. The van der Waals surface area contributed by atoms with Gasteiger partial charge >= 0.3 is 6.09 Å². The highest BCUT2D eigenvalue weighted by Crippen LogP contribution is 2.31. The van der Waals surface area contributed by atoms with Gasteiger partial charge in [0.15, 0.2) is 0 Å². The predicted molar refractivity (Wildman–Crippen MR) is 90.7 cm³/mol. The summed E-state index contributed by atoms with van der Waals surface area (Å²) in [5.74, 6) is 1.18. The largest absolute Gasteiger partial charge is 0.494 e. The van der Waals surface area contributed by atoms with E-state index in [-0.39, 0.29) is 0 Å². The Morgan fingerprint density at radius 3 is 2.77 bits per heavy atom. The van der Waals surface area contributed by atoms with Gasteiger partial charge in [0.2, 0.25) is 0 Å². The van der Waals surface area contributed by atoms with Crippen LogP contribution in [-0.4, -0.2) is 31.8 Å². The summed E-state index contributed by atoms with van der Waals surface area (Å²) in [6.45, 7) is 2.47. The number of anilines is 1. The molecule has 0 N–H and O–H groups in total. The molecule has 0 saturated carbocycles. The number of hydrogen-bond donors (Lipinski definition) is 0. The predicted octanol–water partition coefficient (Wildman–Crippen LogP) is 4.38. The first-order valence-electron chi connectivity index (χ1n) is 7.12. The number of unbranched alkanes of at least 4 members (excludes halogenated alkanes) is 1. The smallest absolute Gasteiger partial charge is 0.415 e. The highest BCUT2D eigenvalue weighted by Gasteiger charge is 2.15. The maximum Gasteiger partial charge on any atom is 0.415 e. The first-order valence-corrected chi connectivity index (χ1v) is 7.91. The first-order chi connectivity index (χ1) is 10.6. The number of carbonyl (C=O) groups is 1. The lowest BCUT2D eigenvalue weighted by atomic mass is 10.2. The lowest BCUT2D eigenvalue weighted by Gasteiger charge is -2.17. The van der Waals surface area contributed by atoms with Crippen molar-refractivity contribution in [3.63, 3.8) is 0 Å². The molecule has 0 saturated heterocycles. The fraction of sp³-hybridized carbons (Fsp3) is 0.375. The second-order valence-corrected chi connectivity index (χ2v) is 5.70. The number of amides is 1. The van der Waals surface area contributed by atoms with Crippen LogP contribution in [0.2, 0.25) is 0 Å². The number of rotatable bonds is 5. The monoisotopic (exact) mass is 366 g/mol. The second kappa shape index (κ2) is 7.45. The zero-order chi connectivity index (χ0) is 16.1. The summed E-state index contributed by atoms with van der Waals surface area (Å²) in [4.78, 5) is 17.9. The highest BCUT2D eigenvalue weighted by atomic mass is 79.9. The molecule has 0 bridgehead atoms. The molecule has 6 heteroatoms. The summed E-state index contributed by atoms with van der Waals surface area (Å²) < 4.78 is 11.5. The molecule has 0 aliphatic carbocycles. The zero-order valence-corrected chi connectivity index (χ0v) is 14.5. The Balaban J connectivity index is 2.30. The summed E-state index contributed by atoms with van der Waals surface area (Å²) in [7, 11) is 3.24. The van der Waals surface area contributed by atoms with E-state index in [2.05, 4.69) is 20.9 Å². The Hall–Kier alpha value is -1.82. The first kappa shape index (κ1) is 16.5. The van der Waals surface area contributed by atoms with Gasteiger partial charge in [-0.05, 0) is 30.7 Å². The van der Waals surface area contributed by atoms with E-state index in [0.717, 1.165) is 22.7 Å². The zero-order valence-electron chi connectivity index (χ0n) is 12.9. The minimum Gasteiger partial charge on any atom is -0.494 e. The van der Waals surface area contributed by atoms with Gasteiger partial charge in [-0.1, -0.05) is 29.3 Å². The maximum atomic E-state index is 12.0. The molecule has 1 heterocycles. The third-order valence-electron chi connectivity index (χ3n) is 3.31. The molecule has 118 valence electrons. The van der Waals surface area contributed by atoms with Gasteiger partial charge < -0.3 is 9.47 Å². The quantitative estimate of drug-likeness (QED) is 0.736. The van der Waals surface area contributed by atoms with Crippen molar-refractivity contribution >= 4 is 38.7 Å². The van der Waals surface area contributed by atoms with E-state index in [4.69, 9.17) is 9.47 Å². The van der Waals surface area contributed by atoms with Gasteiger partial charge in [-0.15, -0.1) is 0 Å². The SMILES string of the molecule is CCCCOC(=O)N(C)c1ccc2c(Br)ccc(OC)c2n1. The number of methoxy groups -OCH3 is 1. The summed E-state index contributed by atoms with van der Waals surface area (Å²) in [6.07, 6.45) is 1.43. The van der Waals surface area contributed by atoms with E-state index in [1.165, 1.54) is 4.90 Å². The van der Waals surface area contributed by atoms with E-state index in [1.54, 1.807) is 20.2 Å². The third kappa shape index (κ3) is 3.50. The molecular weight excluding hydrogens is 348 g/mol. The van der Waals surface area contributed by atoms with Crippen LogP contribution >= 0.6 is 15.9 Å². The summed E-state index contributed by atoms with van der Waals surface area (Å²) >= 11 is 3.49. The van der Waals surface area contributed by atoms with E-state index in [0.29, 0.717) is 23.7 Å². The molecule has 0 aliphatic rings. The van der Waals surface area contributed by atoms with Crippen LogP contribution in [0.4, 0.5) is 10.6 Å². The average molecular weight is 367 g/mol. The number of benzene rings is 1. The lowest BCUT2D eigenvalue weighted by Crippen LogP contribution is -2.28. The Morgan fingerprint density at radius 2 is 2.09 bits per heavy atom. The number of ether oxygens (including phenoxy) is 2. The normalized spacial score (nSPS) is 10.5. The van der Waals surface area contributed by atoms with Crippen molar-refractivity contribution in [3.05, 3.63) is 28.7 Å². The van der Waals surface area contributed by atoms with Gasteiger partial charge in [0, 0.05) is 16.9 Å². The van der Waals surface area contributed by atoms with Crippen LogP contribution in [0.5, 0.6) is 5.75 Å². The molecule has 22 heavy (non-hydrogen) atoms. The van der Waals surface area contributed by atoms with E-state index >= 15 is 0 Å². The molecule has 0 spiro atoms. The van der Waals surface area contributed by atoms with E-state index in [1.807, 2.05) is 25.1 Å². The van der Waals surface area contributed by atoms with Crippen molar-refractivity contribution in [3.8, 4) is 5.75 Å². The number of carbonyl (C=O) groups excluding carboxylic acids is 1. The Kier molecular flexibility index (Phi) is 5.60. The molecule has 0 aliphatic heterocycles. The van der Waals surface area contributed by atoms with Crippen molar-refractivity contribution < 1.29 is 14.3 Å². The minimum absolute atomic E-state index is 0.408. The van der Waals surface area contributed by atoms with Crippen molar-refractivity contribution in [1.29, 1.82) is 0 Å². The molecular formula is C16H19BrN2O3. The van der Waals surface area contributed by atoms with Crippen LogP contribution in [-0.2, 0) is 4.74 Å². The standard InChI is InChI=1S/C16H19BrN2O3/c1-4-5-10-22-16(20)19(2)14-9-6-11-12(17)7-8-13(21-3)15(11)18-14/h6-9H,4-5,10H2,1-3H3. The van der Waals surface area contributed by atoms with Crippen LogP contribution < -0.4 is 9.64 Å². The number of nitrogens with zero attached hydrogens (tertiary/aromatic N) is 2. The van der Waals surface area contributed by atoms with Crippen LogP contribution in [0.1, 0.15) is 19.8 Å².